The van der Waals surface area contributed by atoms with Gasteiger partial charge in [0.25, 0.3) is 5.56 Å². The molecule has 4 rings (SSSR count). The fourth-order valence-electron chi connectivity index (χ4n) is 3.31. The van der Waals surface area contributed by atoms with Crippen LogP contribution in [0.3, 0.4) is 0 Å². The third-order valence-electron chi connectivity index (χ3n) is 4.75. The Labute approximate surface area is 167 Å². The zero-order valence-electron chi connectivity index (χ0n) is 15.6. The molecule has 4 aromatic rings. The summed E-state index contributed by atoms with van der Waals surface area (Å²) in [6.45, 7) is 1.90. The Morgan fingerprint density at radius 2 is 1.71 bits per heavy atom. The first-order valence-corrected chi connectivity index (χ1v) is 10.1. The Balaban J connectivity index is 1.88. The highest BCUT2D eigenvalue weighted by atomic mass is 32.1. The fraction of sp³-hybridized carbons (Fsp3) is 0.174. The number of carbonyl (C=O) groups excluding carboxylic acids is 1. The van der Waals surface area contributed by atoms with E-state index in [2.05, 4.69) is 0 Å². The van der Waals surface area contributed by atoms with Crippen LogP contribution >= 0.6 is 11.3 Å². The van der Waals surface area contributed by atoms with E-state index in [-0.39, 0.29) is 11.3 Å². The predicted octanol–water partition coefficient (Wildman–Crippen LogP) is 4.69. The summed E-state index contributed by atoms with van der Waals surface area (Å²) in [5, 5.41) is 2.63. The van der Waals surface area contributed by atoms with Gasteiger partial charge in [0.05, 0.1) is 5.39 Å². The first kappa shape index (κ1) is 18.3. The molecule has 140 valence electrons. The Morgan fingerprint density at radius 1 is 1.04 bits per heavy atom. The molecule has 4 nitrogen and oxygen atoms in total. The average Bonchev–Trinajstić information content (AvgIpc) is 3.13. The average molecular weight is 388 g/mol. The van der Waals surface area contributed by atoms with E-state index in [4.69, 9.17) is 4.98 Å². The van der Waals surface area contributed by atoms with Crippen LogP contribution in [0.2, 0.25) is 0 Å². The van der Waals surface area contributed by atoms with Crippen molar-refractivity contribution < 1.29 is 4.79 Å². The van der Waals surface area contributed by atoms with Crippen LogP contribution < -0.4 is 5.56 Å². The van der Waals surface area contributed by atoms with Gasteiger partial charge in [0.15, 0.2) is 0 Å². The molecule has 0 saturated heterocycles. The molecule has 5 heteroatoms. The van der Waals surface area contributed by atoms with Crippen LogP contribution in [0.5, 0.6) is 0 Å². The number of nitrogens with zero attached hydrogens (tertiary/aromatic N) is 2. The van der Waals surface area contributed by atoms with Crippen LogP contribution in [0.1, 0.15) is 24.7 Å². The fourth-order valence-corrected chi connectivity index (χ4v) is 4.27. The number of thiophene rings is 1. The Hall–Kier alpha value is -3.05. The monoisotopic (exact) mass is 388 g/mol. The van der Waals surface area contributed by atoms with Gasteiger partial charge in [-0.2, -0.15) is 0 Å². The van der Waals surface area contributed by atoms with Crippen molar-refractivity contribution in [2.45, 2.75) is 26.3 Å². The third-order valence-corrected chi connectivity index (χ3v) is 5.62. The highest BCUT2D eigenvalue weighted by molar-refractivity contribution is 7.17. The largest absolute Gasteiger partial charge is 0.300 e. The Morgan fingerprint density at radius 3 is 2.39 bits per heavy atom. The van der Waals surface area contributed by atoms with E-state index in [9.17, 15) is 9.59 Å². The van der Waals surface area contributed by atoms with Crippen molar-refractivity contribution in [3.63, 3.8) is 0 Å². The number of benzene rings is 2. The number of fused-ring (bicyclic) bond motifs is 1. The molecule has 0 aliphatic rings. The highest BCUT2D eigenvalue weighted by Crippen LogP contribution is 2.31. The third kappa shape index (κ3) is 3.66. The van der Waals surface area contributed by atoms with Gasteiger partial charge in [-0.15, -0.1) is 11.3 Å². The number of Topliss-reactive ketones (excluding diaryl/α,β-unsaturated/α-hetero) is 1. The number of carbonyl (C=O) groups is 1. The molecule has 0 unspecified atom stereocenters. The van der Waals surface area contributed by atoms with Gasteiger partial charge in [0.1, 0.15) is 16.4 Å². The predicted molar refractivity (Wildman–Crippen MR) is 114 cm³/mol. The van der Waals surface area contributed by atoms with Crippen molar-refractivity contribution in [3.05, 3.63) is 87.8 Å². The van der Waals surface area contributed by atoms with Gasteiger partial charge >= 0.3 is 0 Å². The summed E-state index contributed by atoms with van der Waals surface area (Å²) in [6, 6.07) is 19.8. The number of aromatic nitrogens is 2. The summed E-state index contributed by atoms with van der Waals surface area (Å²) >= 11 is 1.49. The first-order valence-electron chi connectivity index (χ1n) is 9.23. The second kappa shape index (κ2) is 7.90. The molecular weight excluding hydrogens is 368 g/mol. The van der Waals surface area contributed by atoms with Gasteiger partial charge in [-0.25, -0.2) is 4.98 Å². The minimum absolute atomic E-state index is 0.0614. The SMILES string of the molecule is CC(=O)CCn1c(Cc2ccccc2)nc2scc(-c3ccccc3)c2c1=O. The summed E-state index contributed by atoms with van der Waals surface area (Å²) < 4.78 is 1.68. The smallest absolute Gasteiger partial charge is 0.262 e. The maximum Gasteiger partial charge on any atom is 0.262 e. The van der Waals surface area contributed by atoms with E-state index >= 15 is 0 Å². The second-order valence-corrected chi connectivity index (χ2v) is 7.65. The first-order chi connectivity index (χ1) is 13.6. The lowest BCUT2D eigenvalue weighted by molar-refractivity contribution is -0.117. The molecule has 2 aromatic carbocycles. The molecule has 28 heavy (non-hydrogen) atoms. The quantitative estimate of drug-likeness (QED) is 0.481. The molecule has 0 spiro atoms. The summed E-state index contributed by atoms with van der Waals surface area (Å²) in [5.74, 6) is 0.762. The zero-order chi connectivity index (χ0) is 19.5. The molecular formula is C23H20N2O2S. The van der Waals surface area contributed by atoms with Crippen LogP contribution in [0, 0.1) is 0 Å². The van der Waals surface area contributed by atoms with Crippen LogP contribution in [0.4, 0.5) is 0 Å². The van der Waals surface area contributed by atoms with Crippen LogP contribution in [-0.2, 0) is 17.8 Å². The summed E-state index contributed by atoms with van der Waals surface area (Å²) in [5.41, 5.74) is 2.92. The van der Waals surface area contributed by atoms with Gasteiger partial charge in [-0.05, 0) is 18.1 Å². The highest BCUT2D eigenvalue weighted by Gasteiger charge is 2.17. The summed E-state index contributed by atoms with van der Waals surface area (Å²) in [4.78, 5) is 30.6. The number of rotatable bonds is 6. The van der Waals surface area contributed by atoms with Crippen molar-refractivity contribution in [3.8, 4) is 11.1 Å². The molecule has 0 aliphatic carbocycles. The number of hydrogen-bond donors (Lipinski definition) is 0. The van der Waals surface area contributed by atoms with Crippen molar-refractivity contribution in [2.24, 2.45) is 0 Å². The van der Waals surface area contributed by atoms with E-state index in [1.165, 1.54) is 11.3 Å². The molecule has 2 heterocycles. The van der Waals surface area contributed by atoms with E-state index in [0.29, 0.717) is 30.6 Å². The van der Waals surface area contributed by atoms with Gasteiger partial charge in [0.2, 0.25) is 0 Å². The molecule has 0 radical (unpaired) electrons. The van der Waals surface area contributed by atoms with E-state index in [1.807, 2.05) is 66.0 Å². The maximum absolute atomic E-state index is 13.4. The normalized spacial score (nSPS) is 11.0. The van der Waals surface area contributed by atoms with E-state index in [1.54, 1.807) is 11.5 Å². The maximum atomic E-state index is 13.4. The molecule has 0 bridgehead atoms. The minimum Gasteiger partial charge on any atom is -0.300 e. The van der Waals surface area contributed by atoms with Crippen LogP contribution in [0.15, 0.2) is 70.8 Å². The lowest BCUT2D eigenvalue weighted by atomic mass is 10.1. The van der Waals surface area contributed by atoms with Gasteiger partial charge < -0.3 is 0 Å². The van der Waals surface area contributed by atoms with Crippen molar-refractivity contribution >= 4 is 27.3 Å². The second-order valence-electron chi connectivity index (χ2n) is 6.79. The molecule has 2 aromatic heterocycles. The molecule has 0 N–H and O–H groups in total. The van der Waals surface area contributed by atoms with Crippen molar-refractivity contribution in [1.82, 2.24) is 9.55 Å². The van der Waals surface area contributed by atoms with Gasteiger partial charge in [0, 0.05) is 30.3 Å². The van der Waals surface area contributed by atoms with Crippen LogP contribution in [-0.4, -0.2) is 15.3 Å². The van der Waals surface area contributed by atoms with Crippen LogP contribution in [0.25, 0.3) is 21.3 Å². The van der Waals surface area contributed by atoms with E-state index in [0.717, 1.165) is 21.5 Å². The number of ketones is 1. The Bertz CT molecular complexity index is 1180. The van der Waals surface area contributed by atoms with Gasteiger partial charge in [-0.1, -0.05) is 60.7 Å². The molecule has 0 fully saturated rings. The molecule has 0 saturated carbocycles. The zero-order valence-corrected chi connectivity index (χ0v) is 16.4. The van der Waals surface area contributed by atoms with Crippen molar-refractivity contribution in [1.29, 1.82) is 0 Å². The summed E-state index contributed by atoms with van der Waals surface area (Å²) in [7, 11) is 0. The molecule has 0 amide bonds. The standard InChI is InChI=1S/C23H20N2O2S/c1-16(26)12-13-25-20(14-17-8-4-2-5-9-17)24-22-21(23(25)27)19(15-28-22)18-10-6-3-7-11-18/h2-11,15H,12-14H2,1H3. The lowest BCUT2D eigenvalue weighted by Crippen LogP contribution is -2.26. The lowest BCUT2D eigenvalue weighted by Gasteiger charge is -2.12. The minimum atomic E-state index is -0.0720. The van der Waals surface area contributed by atoms with Gasteiger partial charge in [-0.3, -0.25) is 14.2 Å². The van der Waals surface area contributed by atoms with E-state index < -0.39 is 0 Å². The van der Waals surface area contributed by atoms with Crippen molar-refractivity contribution in [2.75, 3.05) is 0 Å². The summed E-state index contributed by atoms with van der Waals surface area (Å²) in [6.07, 6.45) is 0.877. The Kier molecular flexibility index (Phi) is 5.17. The molecule has 0 aliphatic heterocycles. The molecule has 0 atom stereocenters. The topological polar surface area (TPSA) is 52.0 Å². The number of hydrogen-bond acceptors (Lipinski definition) is 4.